The molecule has 1 fully saturated rings. The van der Waals surface area contributed by atoms with Crippen LogP contribution in [-0.2, 0) is 16.1 Å². The SMILES string of the molecule is Cc1nnc(SCC(=O)N(Cc2ccc(N(C)C)cc2)CC2CCCO2)n1-c1ccccc1. The van der Waals surface area contributed by atoms with Gasteiger partial charge in [-0.25, -0.2) is 0 Å². The molecule has 1 aliphatic heterocycles. The lowest BCUT2D eigenvalue weighted by molar-refractivity contribution is -0.130. The van der Waals surface area contributed by atoms with Crippen molar-refractivity contribution < 1.29 is 9.53 Å². The molecule has 1 saturated heterocycles. The minimum atomic E-state index is 0.0763. The number of carbonyl (C=O) groups excluding carboxylic acids is 1. The van der Waals surface area contributed by atoms with Crippen molar-refractivity contribution >= 4 is 23.4 Å². The Morgan fingerprint density at radius 1 is 1.12 bits per heavy atom. The van der Waals surface area contributed by atoms with E-state index < -0.39 is 0 Å². The maximum absolute atomic E-state index is 13.3. The highest BCUT2D eigenvalue weighted by Crippen LogP contribution is 2.23. The van der Waals surface area contributed by atoms with Gasteiger partial charge in [-0.2, -0.15) is 0 Å². The molecule has 1 unspecified atom stereocenters. The highest BCUT2D eigenvalue weighted by molar-refractivity contribution is 7.99. The maximum atomic E-state index is 13.3. The number of anilines is 1. The van der Waals surface area contributed by atoms with Gasteiger partial charge in [-0.15, -0.1) is 10.2 Å². The third kappa shape index (κ3) is 5.94. The minimum Gasteiger partial charge on any atom is -0.378 e. The Kier molecular flexibility index (Phi) is 7.67. The van der Waals surface area contributed by atoms with Crippen molar-refractivity contribution in [1.29, 1.82) is 0 Å². The van der Waals surface area contributed by atoms with Crippen molar-refractivity contribution in [1.82, 2.24) is 19.7 Å². The van der Waals surface area contributed by atoms with Gasteiger partial charge in [-0.1, -0.05) is 42.1 Å². The van der Waals surface area contributed by atoms with Crippen LogP contribution in [0.3, 0.4) is 0 Å². The standard InChI is InChI=1S/C25H31N5O2S/c1-19-26-27-25(30(19)22-8-5-4-6-9-22)33-18-24(31)29(17-23-10-7-15-32-23)16-20-11-13-21(14-12-20)28(2)3/h4-6,8-9,11-14,23H,7,10,15-18H2,1-3H3. The molecule has 1 amide bonds. The predicted octanol–water partition coefficient (Wildman–Crippen LogP) is 3.94. The Morgan fingerprint density at radius 3 is 2.55 bits per heavy atom. The molecule has 174 valence electrons. The number of hydrogen-bond acceptors (Lipinski definition) is 6. The molecule has 0 radical (unpaired) electrons. The monoisotopic (exact) mass is 465 g/mol. The van der Waals surface area contributed by atoms with Crippen LogP contribution in [-0.4, -0.2) is 64.7 Å². The number of para-hydroxylation sites is 1. The van der Waals surface area contributed by atoms with Crippen LogP contribution in [0.25, 0.3) is 5.69 Å². The van der Waals surface area contributed by atoms with E-state index in [9.17, 15) is 4.79 Å². The molecule has 0 spiro atoms. The third-order valence-corrected chi connectivity index (χ3v) is 6.67. The summed E-state index contributed by atoms with van der Waals surface area (Å²) in [5.41, 5.74) is 3.24. The largest absolute Gasteiger partial charge is 0.378 e. The Morgan fingerprint density at radius 2 is 1.88 bits per heavy atom. The van der Waals surface area contributed by atoms with Gasteiger partial charge in [0, 0.05) is 45.2 Å². The molecule has 1 aliphatic rings. The van der Waals surface area contributed by atoms with Gasteiger partial charge >= 0.3 is 0 Å². The molecule has 2 heterocycles. The molecule has 0 saturated carbocycles. The zero-order valence-corrected chi connectivity index (χ0v) is 20.3. The number of amides is 1. The van der Waals surface area contributed by atoms with Gasteiger partial charge in [-0.3, -0.25) is 9.36 Å². The number of hydrogen-bond donors (Lipinski definition) is 0. The van der Waals surface area contributed by atoms with E-state index in [4.69, 9.17) is 4.74 Å². The maximum Gasteiger partial charge on any atom is 0.233 e. The lowest BCUT2D eigenvalue weighted by atomic mass is 10.1. The van der Waals surface area contributed by atoms with Gasteiger partial charge in [0.05, 0.1) is 11.9 Å². The van der Waals surface area contributed by atoms with Crippen LogP contribution in [0.15, 0.2) is 59.8 Å². The summed E-state index contributed by atoms with van der Waals surface area (Å²) in [6, 6.07) is 18.3. The predicted molar refractivity (Wildman–Crippen MR) is 132 cm³/mol. The van der Waals surface area contributed by atoms with Crippen LogP contribution in [0, 0.1) is 6.92 Å². The van der Waals surface area contributed by atoms with Crippen LogP contribution < -0.4 is 4.90 Å². The summed E-state index contributed by atoms with van der Waals surface area (Å²) in [7, 11) is 4.05. The van der Waals surface area contributed by atoms with Crippen LogP contribution in [0.4, 0.5) is 5.69 Å². The number of carbonyl (C=O) groups is 1. The molecule has 8 heteroatoms. The van der Waals surface area contributed by atoms with Crippen molar-refractivity contribution in [3.8, 4) is 5.69 Å². The van der Waals surface area contributed by atoms with Gasteiger partial charge in [0.1, 0.15) is 5.82 Å². The second-order valence-electron chi connectivity index (χ2n) is 8.46. The quantitative estimate of drug-likeness (QED) is 0.446. The highest BCUT2D eigenvalue weighted by Gasteiger charge is 2.24. The lowest BCUT2D eigenvalue weighted by Gasteiger charge is -2.26. The fraction of sp³-hybridized carbons (Fsp3) is 0.400. The first-order chi connectivity index (χ1) is 16.0. The third-order valence-electron chi connectivity index (χ3n) is 5.76. The van der Waals surface area contributed by atoms with E-state index in [2.05, 4.69) is 39.4 Å². The normalized spacial score (nSPS) is 15.5. The molecule has 7 nitrogen and oxygen atoms in total. The molecule has 1 atom stereocenters. The van der Waals surface area contributed by atoms with E-state index in [1.165, 1.54) is 11.8 Å². The molecule has 0 N–H and O–H groups in total. The summed E-state index contributed by atoms with van der Waals surface area (Å²) in [5, 5.41) is 9.27. The van der Waals surface area contributed by atoms with Crippen LogP contribution in [0.1, 0.15) is 24.2 Å². The number of ether oxygens (including phenoxy) is 1. The molecular formula is C25H31N5O2S. The molecule has 0 aliphatic carbocycles. The van der Waals surface area contributed by atoms with Gasteiger partial charge < -0.3 is 14.5 Å². The molecular weight excluding hydrogens is 434 g/mol. The van der Waals surface area contributed by atoms with Crippen LogP contribution in [0.5, 0.6) is 0 Å². The summed E-state index contributed by atoms with van der Waals surface area (Å²) in [6.07, 6.45) is 2.16. The smallest absolute Gasteiger partial charge is 0.233 e. The number of aryl methyl sites for hydroxylation is 1. The summed E-state index contributed by atoms with van der Waals surface area (Å²) >= 11 is 1.42. The highest BCUT2D eigenvalue weighted by atomic mass is 32.2. The fourth-order valence-corrected chi connectivity index (χ4v) is 4.84. The number of rotatable bonds is 9. The second-order valence-corrected chi connectivity index (χ2v) is 9.40. The molecule has 1 aromatic heterocycles. The van der Waals surface area contributed by atoms with E-state index in [0.29, 0.717) is 18.8 Å². The Balaban J connectivity index is 1.46. The Hall–Kier alpha value is -2.84. The summed E-state index contributed by atoms with van der Waals surface area (Å²) in [4.78, 5) is 17.3. The van der Waals surface area contributed by atoms with Crippen molar-refractivity contribution in [2.75, 3.05) is 37.9 Å². The van der Waals surface area contributed by atoms with Crippen molar-refractivity contribution in [3.05, 3.63) is 66.0 Å². The Labute approximate surface area is 199 Å². The average molecular weight is 466 g/mol. The van der Waals surface area contributed by atoms with E-state index >= 15 is 0 Å². The van der Waals surface area contributed by atoms with Crippen LogP contribution >= 0.6 is 11.8 Å². The first-order valence-electron chi connectivity index (χ1n) is 11.3. The molecule has 3 aromatic rings. The summed E-state index contributed by atoms with van der Waals surface area (Å²) < 4.78 is 7.82. The van der Waals surface area contributed by atoms with Crippen molar-refractivity contribution in [2.45, 2.75) is 37.6 Å². The van der Waals surface area contributed by atoms with E-state index in [0.717, 1.165) is 47.4 Å². The number of nitrogens with zero attached hydrogens (tertiary/aromatic N) is 5. The van der Waals surface area contributed by atoms with Crippen molar-refractivity contribution in [2.24, 2.45) is 0 Å². The first-order valence-corrected chi connectivity index (χ1v) is 12.3. The average Bonchev–Trinajstić information content (AvgIpc) is 3.47. The second kappa shape index (κ2) is 10.9. The number of thioether (sulfide) groups is 1. The van der Waals surface area contributed by atoms with E-state index in [1.807, 2.05) is 60.8 Å². The van der Waals surface area contributed by atoms with Gasteiger partial charge in [-0.05, 0) is 49.6 Å². The van der Waals surface area contributed by atoms with Gasteiger partial charge in [0.15, 0.2) is 5.16 Å². The van der Waals surface area contributed by atoms with Gasteiger partial charge in [0.25, 0.3) is 0 Å². The number of aromatic nitrogens is 3. The topological polar surface area (TPSA) is 63.5 Å². The molecule has 2 aromatic carbocycles. The van der Waals surface area contributed by atoms with Gasteiger partial charge in [0.2, 0.25) is 5.91 Å². The minimum absolute atomic E-state index is 0.0763. The fourth-order valence-electron chi connectivity index (χ4n) is 3.94. The molecule has 0 bridgehead atoms. The number of benzene rings is 2. The molecule has 33 heavy (non-hydrogen) atoms. The van der Waals surface area contributed by atoms with E-state index in [1.54, 1.807) is 0 Å². The zero-order valence-electron chi connectivity index (χ0n) is 19.5. The summed E-state index contributed by atoms with van der Waals surface area (Å²) in [6.45, 7) is 3.88. The lowest BCUT2D eigenvalue weighted by Crippen LogP contribution is -2.38. The summed E-state index contributed by atoms with van der Waals surface area (Å²) in [5.74, 6) is 1.17. The first kappa shape index (κ1) is 23.3. The van der Waals surface area contributed by atoms with Crippen molar-refractivity contribution in [3.63, 3.8) is 0 Å². The van der Waals surface area contributed by atoms with Crippen LogP contribution in [0.2, 0.25) is 0 Å². The molecule has 4 rings (SSSR count). The van der Waals surface area contributed by atoms with E-state index in [-0.39, 0.29) is 12.0 Å². The Bertz CT molecular complexity index is 1050. The zero-order chi connectivity index (χ0) is 23.2.